The molecule has 0 aliphatic carbocycles. The normalized spacial score (nSPS) is 10.8. The summed E-state index contributed by atoms with van der Waals surface area (Å²) >= 11 is 0. The van der Waals surface area contributed by atoms with E-state index in [1.165, 1.54) is 0 Å². The molecule has 0 aliphatic heterocycles. The maximum Gasteiger partial charge on any atom is 0.119 e. The van der Waals surface area contributed by atoms with Gasteiger partial charge in [-0.2, -0.15) is 0 Å². The van der Waals surface area contributed by atoms with Crippen molar-refractivity contribution in [3.63, 3.8) is 0 Å². The van der Waals surface area contributed by atoms with E-state index in [0.717, 1.165) is 27.9 Å². The van der Waals surface area contributed by atoms with Gasteiger partial charge in [0.05, 0.1) is 19.6 Å². The lowest BCUT2D eigenvalue weighted by Gasteiger charge is -1.97. The Morgan fingerprint density at radius 2 is 2.12 bits per heavy atom. The molecule has 3 heteroatoms. The molecule has 0 amide bonds. The standard InChI is InChI=1S/C13H11NO2/c1-15-11-2-3-12-10(6-11)7-13(14-12)9-4-5-16-8-9/h2-8,14H,1H3. The highest BCUT2D eigenvalue weighted by molar-refractivity contribution is 5.86. The number of hydrogen-bond donors (Lipinski definition) is 1. The van der Waals surface area contributed by atoms with Crippen LogP contribution >= 0.6 is 0 Å². The molecule has 0 aliphatic rings. The highest BCUT2D eigenvalue weighted by Gasteiger charge is 2.04. The lowest BCUT2D eigenvalue weighted by Crippen LogP contribution is -1.80. The van der Waals surface area contributed by atoms with Gasteiger partial charge in [-0.1, -0.05) is 0 Å². The Morgan fingerprint density at radius 1 is 1.19 bits per heavy atom. The van der Waals surface area contributed by atoms with Crippen molar-refractivity contribution >= 4 is 10.9 Å². The van der Waals surface area contributed by atoms with E-state index in [4.69, 9.17) is 9.15 Å². The maximum absolute atomic E-state index is 5.19. The molecule has 0 saturated heterocycles. The van der Waals surface area contributed by atoms with E-state index in [-0.39, 0.29) is 0 Å². The lowest BCUT2D eigenvalue weighted by atomic mass is 10.2. The summed E-state index contributed by atoms with van der Waals surface area (Å²) in [6, 6.07) is 9.98. The molecular weight excluding hydrogens is 202 g/mol. The molecule has 3 nitrogen and oxygen atoms in total. The Bertz CT molecular complexity index is 608. The predicted molar refractivity (Wildman–Crippen MR) is 62.6 cm³/mol. The second-order valence-electron chi connectivity index (χ2n) is 3.65. The van der Waals surface area contributed by atoms with Crippen LogP contribution < -0.4 is 4.74 Å². The summed E-state index contributed by atoms with van der Waals surface area (Å²) in [6.45, 7) is 0. The number of furan rings is 1. The molecule has 1 N–H and O–H groups in total. The quantitative estimate of drug-likeness (QED) is 0.708. The molecule has 0 fully saturated rings. The van der Waals surface area contributed by atoms with Gasteiger partial charge in [-0.25, -0.2) is 0 Å². The molecule has 3 rings (SSSR count). The van der Waals surface area contributed by atoms with E-state index in [9.17, 15) is 0 Å². The average molecular weight is 213 g/mol. The number of methoxy groups -OCH3 is 1. The van der Waals surface area contributed by atoms with Gasteiger partial charge in [0, 0.05) is 22.2 Å². The van der Waals surface area contributed by atoms with E-state index < -0.39 is 0 Å². The van der Waals surface area contributed by atoms with Crippen LogP contribution in [-0.4, -0.2) is 12.1 Å². The van der Waals surface area contributed by atoms with Gasteiger partial charge in [-0.05, 0) is 30.3 Å². The number of benzene rings is 1. The van der Waals surface area contributed by atoms with Gasteiger partial charge in [0.25, 0.3) is 0 Å². The molecule has 80 valence electrons. The van der Waals surface area contributed by atoms with Crippen molar-refractivity contribution in [3.8, 4) is 17.0 Å². The van der Waals surface area contributed by atoms with Crippen molar-refractivity contribution < 1.29 is 9.15 Å². The Morgan fingerprint density at radius 3 is 2.88 bits per heavy atom. The van der Waals surface area contributed by atoms with Gasteiger partial charge in [0.15, 0.2) is 0 Å². The molecule has 1 aromatic carbocycles. The summed E-state index contributed by atoms with van der Waals surface area (Å²) in [6.07, 6.45) is 3.39. The summed E-state index contributed by atoms with van der Waals surface area (Å²) in [4.78, 5) is 3.33. The molecule has 2 heterocycles. The first-order valence-corrected chi connectivity index (χ1v) is 5.06. The lowest BCUT2D eigenvalue weighted by molar-refractivity contribution is 0.415. The summed E-state index contributed by atoms with van der Waals surface area (Å²) in [5.74, 6) is 0.866. The molecule has 3 aromatic rings. The van der Waals surface area contributed by atoms with Crippen molar-refractivity contribution in [3.05, 3.63) is 42.9 Å². The fourth-order valence-electron chi connectivity index (χ4n) is 1.81. The van der Waals surface area contributed by atoms with Crippen molar-refractivity contribution in [2.45, 2.75) is 0 Å². The number of rotatable bonds is 2. The molecule has 0 spiro atoms. The summed E-state index contributed by atoms with van der Waals surface area (Å²) in [5, 5.41) is 1.13. The minimum Gasteiger partial charge on any atom is -0.497 e. The van der Waals surface area contributed by atoms with Crippen molar-refractivity contribution in [1.82, 2.24) is 4.98 Å². The number of aromatic amines is 1. The maximum atomic E-state index is 5.19. The number of nitrogens with one attached hydrogen (secondary N) is 1. The minimum absolute atomic E-state index is 0.866. The fourth-order valence-corrected chi connectivity index (χ4v) is 1.81. The van der Waals surface area contributed by atoms with Gasteiger partial charge < -0.3 is 14.1 Å². The van der Waals surface area contributed by atoms with Crippen LogP contribution in [0.1, 0.15) is 0 Å². The SMILES string of the molecule is COc1ccc2[nH]c(-c3ccoc3)cc2c1. The summed E-state index contributed by atoms with van der Waals surface area (Å²) in [7, 11) is 1.67. The van der Waals surface area contributed by atoms with Crippen LogP contribution in [0.2, 0.25) is 0 Å². The van der Waals surface area contributed by atoms with E-state index in [1.54, 1.807) is 19.6 Å². The topological polar surface area (TPSA) is 38.2 Å². The van der Waals surface area contributed by atoms with Crippen LogP contribution in [0.5, 0.6) is 5.75 Å². The van der Waals surface area contributed by atoms with Gasteiger partial charge in [0.1, 0.15) is 5.75 Å². The highest BCUT2D eigenvalue weighted by Crippen LogP contribution is 2.26. The Balaban J connectivity index is 2.16. The zero-order valence-corrected chi connectivity index (χ0v) is 8.86. The number of aromatic nitrogens is 1. The zero-order chi connectivity index (χ0) is 11.0. The van der Waals surface area contributed by atoms with Crippen LogP contribution in [0.4, 0.5) is 0 Å². The van der Waals surface area contributed by atoms with Crippen molar-refractivity contribution in [1.29, 1.82) is 0 Å². The number of H-pyrrole nitrogens is 1. The van der Waals surface area contributed by atoms with Gasteiger partial charge in [0.2, 0.25) is 0 Å². The first-order chi connectivity index (χ1) is 7.86. The monoisotopic (exact) mass is 213 g/mol. The Labute approximate surface area is 92.7 Å². The first-order valence-electron chi connectivity index (χ1n) is 5.06. The fraction of sp³-hybridized carbons (Fsp3) is 0.0769. The molecule has 0 bridgehead atoms. The Kier molecular flexibility index (Phi) is 1.96. The van der Waals surface area contributed by atoms with Crippen molar-refractivity contribution in [2.24, 2.45) is 0 Å². The van der Waals surface area contributed by atoms with Crippen LogP contribution in [0.25, 0.3) is 22.2 Å². The van der Waals surface area contributed by atoms with Crippen molar-refractivity contribution in [2.75, 3.05) is 7.11 Å². The molecule has 16 heavy (non-hydrogen) atoms. The summed E-state index contributed by atoms with van der Waals surface area (Å²) < 4.78 is 10.3. The minimum atomic E-state index is 0.866. The van der Waals surface area contributed by atoms with E-state index in [2.05, 4.69) is 11.1 Å². The molecule has 2 aromatic heterocycles. The second kappa shape index (κ2) is 3.45. The average Bonchev–Trinajstić information content (AvgIpc) is 2.96. The third-order valence-corrected chi connectivity index (χ3v) is 2.66. The van der Waals surface area contributed by atoms with Crippen LogP contribution in [-0.2, 0) is 0 Å². The van der Waals surface area contributed by atoms with Gasteiger partial charge in [-0.15, -0.1) is 0 Å². The number of ether oxygens (including phenoxy) is 1. The predicted octanol–water partition coefficient (Wildman–Crippen LogP) is 3.44. The Hall–Kier alpha value is -2.16. The molecule has 0 radical (unpaired) electrons. The van der Waals surface area contributed by atoms with E-state index in [1.807, 2.05) is 24.3 Å². The number of hydrogen-bond acceptors (Lipinski definition) is 2. The number of fused-ring (bicyclic) bond motifs is 1. The van der Waals surface area contributed by atoms with E-state index in [0.29, 0.717) is 0 Å². The first kappa shape index (κ1) is 9.09. The summed E-state index contributed by atoms with van der Waals surface area (Å²) in [5.41, 5.74) is 3.20. The molecule has 0 unspecified atom stereocenters. The molecule has 0 atom stereocenters. The van der Waals surface area contributed by atoms with E-state index >= 15 is 0 Å². The van der Waals surface area contributed by atoms with Gasteiger partial charge in [-0.3, -0.25) is 0 Å². The third kappa shape index (κ3) is 1.37. The third-order valence-electron chi connectivity index (χ3n) is 2.66. The zero-order valence-electron chi connectivity index (χ0n) is 8.86. The largest absolute Gasteiger partial charge is 0.497 e. The van der Waals surface area contributed by atoms with Gasteiger partial charge >= 0.3 is 0 Å². The highest BCUT2D eigenvalue weighted by atomic mass is 16.5. The van der Waals surface area contributed by atoms with Crippen LogP contribution in [0.3, 0.4) is 0 Å². The van der Waals surface area contributed by atoms with Crippen LogP contribution in [0.15, 0.2) is 47.3 Å². The smallest absolute Gasteiger partial charge is 0.119 e. The second-order valence-corrected chi connectivity index (χ2v) is 3.65. The molecule has 0 saturated carbocycles. The molecular formula is C13H11NO2. The van der Waals surface area contributed by atoms with Crippen LogP contribution in [0, 0.1) is 0 Å².